The molecule has 0 bridgehead atoms. The van der Waals surface area contributed by atoms with Crippen LogP contribution in [0.5, 0.6) is 0 Å². The summed E-state index contributed by atoms with van der Waals surface area (Å²) in [7, 11) is 3.96. The quantitative estimate of drug-likeness (QED) is 0.496. The molecule has 0 spiro atoms. The Bertz CT molecular complexity index is 1140. The van der Waals surface area contributed by atoms with E-state index in [1.54, 1.807) is 6.08 Å². The molecule has 158 valence electrons. The molecule has 31 heavy (non-hydrogen) atoms. The van der Waals surface area contributed by atoms with E-state index in [4.69, 9.17) is 0 Å². The van der Waals surface area contributed by atoms with Gasteiger partial charge in [0.25, 0.3) is 0 Å². The number of aromatic amines is 1. The van der Waals surface area contributed by atoms with E-state index in [2.05, 4.69) is 32.1 Å². The van der Waals surface area contributed by atoms with Gasteiger partial charge in [0, 0.05) is 37.3 Å². The van der Waals surface area contributed by atoms with Gasteiger partial charge in [0.05, 0.1) is 11.1 Å². The van der Waals surface area contributed by atoms with Crippen LogP contribution in [0.2, 0.25) is 0 Å². The summed E-state index contributed by atoms with van der Waals surface area (Å²) in [4.78, 5) is 28.3. The second-order valence-electron chi connectivity index (χ2n) is 7.86. The van der Waals surface area contributed by atoms with Gasteiger partial charge in [0.1, 0.15) is 17.8 Å². The minimum absolute atomic E-state index is 0.0547. The number of carbonyl (C=O) groups excluding carboxylic acids is 1. The fraction of sp³-hybridized carbons (Fsp3) is 0.292. The standard InChI is InChI=1S/C24H26N6O/c1-29(2)13-6-9-22(31)30-14-12-20(16-30)28-24-21-15-19(27-23(21)25-17-26-24)11-10-18-7-4-3-5-8-18/h3-9,15,17,20H,12-14,16H2,1-2H3,(H2,25,26,27,28). The van der Waals surface area contributed by atoms with Gasteiger partial charge in [-0.15, -0.1) is 0 Å². The molecule has 1 fully saturated rings. The highest BCUT2D eigenvalue weighted by Gasteiger charge is 2.25. The average Bonchev–Trinajstić information content (AvgIpc) is 3.40. The van der Waals surface area contributed by atoms with Crippen LogP contribution in [0.15, 0.2) is 54.9 Å². The molecule has 1 aromatic carbocycles. The number of amides is 1. The number of hydrogen-bond donors (Lipinski definition) is 2. The number of nitrogens with one attached hydrogen (secondary N) is 2. The average molecular weight is 415 g/mol. The minimum Gasteiger partial charge on any atom is -0.365 e. The molecule has 0 aliphatic carbocycles. The van der Waals surface area contributed by atoms with Gasteiger partial charge in [-0.05, 0) is 44.6 Å². The van der Waals surface area contributed by atoms with Crippen LogP contribution in [-0.2, 0) is 4.79 Å². The van der Waals surface area contributed by atoms with Crippen LogP contribution >= 0.6 is 0 Å². The van der Waals surface area contributed by atoms with Crippen LogP contribution in [0.3, 0.4) is 0 Å². The number of benzene rings is 1. The Labute approximate surface area is 182 Å². The van der Waals surface area contributed by atoms with Crippen molar-refractivity contribution in [3.63, 3.8) is 0 Å². The number of hydrogen-bond acceptors (Lipinski definition) is 5. The topological polar surface area (TPSA) is 77.2 Å². The lowest BCUT2D eigenvalue weighted by Crippen LogP contribution is -2.30. The fourth-order valence-electron chi connectivity index (χ4n) is 3.52. The second kappa shape index (κ2) is 9.45. The lowest BCUT2D eigenvalue weighted by molar-refractivity contribution is -0.125. The van der Waals surface area contributed by atoms with Crippen LogP contribution in [0.1, 0.15) is 17.7 Å². The van der Waals surface area contributed by atoms with Crippen molar-refractivity contribution < 1.29 is 4.79 Å². The maximum Gasteiger partial charge on any atom is 0.246 e. The van der Waals surface area contributed by atoms with E-state index >= 15 is 0 Å². The van der Waals surface area contributed by atoms with E-state index in [1.807, 2.05) is 66.4 Å². The molecule has 0 saturated carbocycles. The zero-order chi connectivity index (χ0) is 21.6. The number of carbonyl (C=O) groups is 1. The Balaban J connectivity index is 1.43. The Morgan fingerprint density at radius 2 is 2.13 bits per heavy atom. The maximum absolute atomic E-state index is 12.4. The molecule has 1 aliphatic rings. The molecule has 1 unspecified atom stereocenters. The van der Waals surface area contributed by atoms with Crippen molar-refractivity contribution in [2.75, 3.05) is 39.0 Å². The summed E-state index contributed by atoms with van der Waals surface area (Å²) in [5, 5.41) is 4.38. The van der Waals surface area contributed by atoms with Crippen LogP contribution in [0.25, 0.3) is 11.0 Å². The number of aromatic nitrogens is 3. The van der Waals surface area contributed by atoms with Crippen molar-refractivity contribution in [1.29, 1.82) is 0 Å². The van der Waals surface area contributed by atoms with Gasteiger partial charge in [0.15, 0.2) is 0 Å². The van der Waals surface area contributed by atoms with Crippen LogP contribution in [-0.4, -0.2) is 70.4 Å². The zero-order valence-electron chi connectivity index (χ0n) is 17.8. The summed E-state index contributed by atoms with van der Waals surface area (Å²) in [6.45, 7) is 2.14. The van der Waals surface area contributed by atoms with E-state index in [0.29, 0.717) is 6.54 Å². The van der Waals surface area contributed by atoms with Crippen LogP contribution < -0.4 is 5.32 Å². The number of rotatable bonds is 5. The lowest BCUT2D eigenvalue weighted by Gasteiger charge is -2.16. The Morgan fingerprint density at radius 1 is 1.29 bits per heavy atom. The van der Waals surface area contributed by atoms with Gasteiger partial charge in [-0.1, -0.05) is 30.2 Å². The molecule has 7 nitrogen and oxygen atoms in total. The summed E-state index contributed by atoms with van der Waals surface area (Å²) < 4.78 is 0. The first-order chi connectivity index (χ1) is 15.1. The molecule has 3 aromatic rings. The number of anilines is 1. The Kier molecular flexibility index (Phi) is 6.29. The molecule has 1 amide bonds. The molecule has 2 N–H and O–H groups in total. The third-order valence-electron chi connectivity index (χ3n) is 5.11. The van der Waals surface area contributed by atoms with E-state index < -0.39 is 0 Å². The molecule has 4 rings (SSSR count). The summed E-state index contributed by atoms with van der Waals surface area (Å²) in [5.74, 6) is 7.12. The number of likely N-dealkylation sites (N-methyl/N-ethyl adjacent to an activating group) is 1. The molecule has 1 atom stereocenters. The second-order valence-corrected chi connectivity index (χ2v) is 7.86. The van der Waals surface area contributed by atoms with Crippen molar-refractivity contribution in [2.45, 2.75) is 12.5 Å². The molecule has 0 radical (unpaired) electrons. The highest BCUT2D eigenvalue weighted by molar-refractivity contribution is 5.89. The summed E-state index contributed by atoms with van der Waals surface area (Å²) >= 11 is 0. The first-order valence-corrected chi connectivity index (χ1v) is 10.4. The van der Waals surface area contributed by atoms with E-state index in [0.717, 1.165) is 47.6 Å². The molecular weight excluding hydrogens is 388 g/mol. The van der Waals surface area contributed by atoms with E-state index in [9.17, 15) is 4.79 Å². The predicted molar refractivity (Wildman–Crippen MR) is 123 cm³/mol. The molecule has 3 heterocycles. The maximum atomic E-state index is 12.4. The van der Waals surface area contributed by atoms with Crippen LogP contribution in [0.4, 0.5) is 5.82 Å². The van der Waals surface area contributed by atoms with Crippen molar-refractivity contribution in [1.82, 2.24) is 24.8 Å². The zero-order valence-corrected chi connectivity index (χ0v) is 17.8. The summed E-state index contributed by atoms with van der Waals surface area (Å²) in [6.07, 6.45) is 5.98. The Morgan fingerprint density at radius 3 is 2.94 bits per heavy atom. The SMILES string of the molecule is CN(C)CC=CC(=O)N1CCC(Nc2ncnc3[nH]c(C#Cc4ccccc4)cc23)C1. The molecule has 7 heteroatoms. The highest BCUT2D eigenvalue weighted by Crippen LogP contribution is 2.23. The monoisotopic (exact) mass is 414 g/mol. The third-order valence-corrected chi connectivity index (χ3v) is 5.11. The van der Waals surface area contributed by atoms with Crippen LogP contribution in [0, 0.1) is 11.8 Å². The fourth-order valence-corrected chi connectivity index (χ4v) is 3.52. The molecule has 1 aliphatic heterocycles. The van der Waals surface area contributed by atoms with Gasteiger partial charge in [-0.3, -0.25) is 4.79 Å². The van der Waals surface area contributed by atoms with Gasteiger partial charge < -0.3 is 20.1 Å². The summed E-state index contributed by atoms with van der Waals surface area (Å²) in [5.41, 5.74) is 2.49. The van der Waals surface area contributed by atoms with Crippen molar-refractivity contribution >= 4 is 22.8 Å². The first-order valence-electron chi connectivity index (χ1n) is 10.4. The van der Waals surface area contributed by atoms with Gasteiger partial charge in [-0.25, -0.2) is 9.97 Å². The first kappa shape index (κ1) is 20.6. The van der Waals surface area contributed by atoms with Crippen molar-refractivity contribution in [2.24, 2.45) is 0 Å². The normalized spacial score (nSPS) is 16.1. The van der Waals surface area contributed by atoms with Crippen molar-refractivity contribution in [3.05, 3.63) is 66.1 Å². The van der Waals surface area contributed by atoms with E-state index in [-0.39, 0.29) is 11.9 Å². The smallest absolute Gasteiger partial charge is 0.246 e. The number of nitrogens with zero attached hydrogens (tertiary/aromatic N) is 4. The number of likely N-dealkylation sites (tertiary alicyclic amines) is 1. The largest absolute Gasteiger partial charge is 0.365 e. The van der Waals surface area contributed by atoms with Crippen molar-refractivity contribution in [3.8, 4) is 11.8 Å². The number of H-pyrrole nitrogens is 1. The number of fused-ring (bicyclic) bond motifs is 1. The minimum atomic E-state index is 0.0547. The molecular formula is C24H26N6O. The highest BCUT2D eigenvalue weighted by atomic mass is 16.2. The third kappa shape index (κ3) is 5.30. The lowest BCUT2D eigenvalue weighted by atomic mass is 10.2. The predicted octanol–water partition coefficient (Wildman–Crippen LogP) is 2.49. The molecule has 1 saturated heterocycles. The Hall–Kier alpha value is -3.63. The van der Waals surface area contributed by atoms with E-state index in [1.165, 1.54) is 6.33 Å². The van der Waals surface area contributed by atoms with Gasteiger partial charge in [0.2, 0.25) is 5.91 Å². The van der Waals surface area contributed by atoms with Gasteiger partial charge in [-0.2, -0.15) is 0 Å². The van der Waals surface area contributed by atoms with Gasteiger partial charge >= 0.3 is 0 Å². The summed E-state index contributed by atoms with van der Waals surface area (Å²) in [6, 6.07) is 12.0. The molecule has 2 aromatic heterocycles.